The third-order valence-corrected chi connectivity index (χ3v) is 2.24. The number of aromatic nitrogens is 2. The fourth-order valence-corrected chi connectivity index (χ4v) is 1.35. The van der Waals surface area contributed by atoms with E-state index >= 15 is 0 Å². The number of nitrogens with two attached hydrogens (primary N) is 1. The van der Waals surface area contributed by atoms with Crippen molar-refractivity contribution in [1.29, 1.82) is 0 Å². The highest BCUT2D eigenvalue weighted by atomic mass is 19.1. The number of oxime groups is 1. The largest absolute Gasteiger partial charge is 0.409 e. The van der Waals surface area contributed by atoms with Gasteiger partial charge < -0.3 is 16.3 Å². The molecule has 1 aromatic heterocycles. The van der Waals surface area contributed by atoms with E-state index in [0.29, 0.717) is 5.56 Å². The van der Waals surface area contributed by atoms with Crippen LogP contribution in [0.2, 0.25) is 0 Å². The average Bonchev–Trinajstić information content (AvgIpc) is 2.79. The lowest BCUT2D eigenvalue weighted by molar-refractivity contribution is 0.304. The number of halogens is 1. The maximum atomic E-state index is 13.4. The molecule has 0 saturated carbocycles. The van der Waals surface area contributed by atoms with Gasteiger partial charge in [-0.1, -0.05) is 23.4 Å². The number of anilines is 1. The summed E-state index contributed by atoms with van der Waals surface area (Å²) in [6.45, 7) is 0.109. The Morgan fingerprint density at radius 2 is 2.22 bits per heavy atom. The van der Waals surface area contributed by atoms with Crippen molar-refractivity contribution in [2.24, 2.45) is 5.16 Å². The van der Waals surface area contributed by atoms with Crippen LogP contribution in [0.1, 0.15) is 11.3 Å². The molecule has 0 aliphatic heterocycles. The quantitative estimate of drug-likeness (QED) is 0.321. The van der Waals surface area contributed by atoms with Crippen LogP contribution < -0.4 is 11.1 Å². The third-order valence-electron chi connectivity index (χ3n) is 2.24. The zero-order valence-electron chi connectivity index (χ0n) is 9.17. The Kier molecular flexibility index (Phi) is 3.37. The Morgan fingerprint density at radius 1 is 1.44 bits per heavy atom. The summed E-state index contributed by atoms with van der Waals surface area (Å²) in [7, 11) is 0. The van der Waals surface area contributed by atoms with Crippen molar-refractivity contribution in [2.45, 2.75) is 6.54 Å². The number of benzene rings is 1. The van der Waals surface area contributed by atoms with Crippen molar-refractivity contribution in [1.82, 2.24) is 15.6 Å². The van der Waals surface area contributed by atoms with E-state index in [2.05, 4.69) is 25.4 Å². The van der Waals surface area contributed by atoms with Crippen molar-refractivity contribution in [3.05, 3.63) is 41.3 Å². The second kappa shape index (κ2) is 5.13. The minimum Gasteiger partial charge on any atom is -0.409 e. The number of nitrogens with zero attached hydrogens (tertiary/aromatic N) is 3. The van der Waals surface area contributed by atoms with E-state index in [1.54, 1.807) is 18.2 Å². The van der Waals surface area contributed by atoms with Gasteiger partial charge in [0.25, 0.3) is 0 Å². The fourth-order valence-electron chi connectivity index (χ4n) is 1.35. The molecule has 2 rings (SSSR count). The molecular formula is C10H10FN5O2. The van der Waals surface area contributed by atoms with Gasteiger partial charge in [-0.05, 0) is 16.4 Å². The highest BCUT2D eigenvalue weighted by Gasteiger charge is 2.14. The van der Waals surface area contributed by atoms with E-state index in [9.17, 15) is 4.39 Å². The summed E-state index contributed by atoms with van der Waals surface area (Å²) in [5.74, 6) is -0.436. The maximum Gasteiger partial charge on any atom is 0.199 e. The lowest BCUT2D eigenvalue weighted by Crippen LogP contribution is -2.25. The molecule has 0 fully saturated rings. The maximum absolute atomic E-state index is 13.4. The molecule has 18 heavy (non-hydrogen) atoms. The Bertz CT molecular complexity index is 569. The molecule has 94 valence electrons. The molecule has 2 aromatic rings. The van der Waals surface area contributed by atoms with Crippen molar-refractivity contribution in [3.63, 3.8) is 0 Å². The summed E-state index contributed by atoms with van der Waals surface area (Å²) in [6.07, 6.45) is 0. The molecule has 0 aliphatic rings. The first-order valence-electron chi connectivity index (χ1n) is 5.00. The minimum absolute atomic E-state index is 0.0242. The first-order valence-corrected chi connectivity index (χ1v) is 5.00. The lowest BCUT2D eigenvalue weighted by Gasteiger charge is -2.06. The Hall–Kier alpha value is -2.64. The van der Waals surface area contributed by atoms with E-state index in [1.165, 1.54) is 6.07 Å². The van der Waals surface area contributed by atoms with Crippen LogP contribution in [0.15, 0.2) is 34.1 Å². The van der Waals surface area contributed by atoms with Crippen molar-refractivity contribution in [3.8, 4) is 0 Å². The van der Waals surface area contributed by atoms with Gasteiger partial charge in [0.1, 0.15) is 5.82 Å². The van der Waals surface area contributed by atoms with E-state index in [1.807, 2.05) is 0 Å². The average molecular weight is 251 g/mol. The van der Waals surface area contributed by atoms with Crippen LogP contribution in [0.5, 0.6) is 0 Å². The van der Waals surface area contributed by atoms with Crippen LogP contribution in [-0.2, 0) is 6.54 Å². The van der Waals surface area contributed by atoms with E-state index in [0.717, 1.165) is 0 Å². The summed E-state index contributed by atoms with van der Waals surface area (Å²) in [5.41, 5.74) is 5.92. The normalized spacial score (nSPS) is 11.5. The molecule has 7 nitrogen and oxygen atoms in total. The molecule has 0 spiro atoms. The lowest BCUT2D eigenvalue weighted by atomic mass is 10.2. The molecule has 0 saturated heterocycles. The highest BCUT2D eigenvalue weighted by Crippen LogP contribution is 2.08. The number of nitrogens with one attached hydrogen (secondary N) is 1. The van der Waals surface area contributed by atoms with Crippen molar-refractivity contribution in [2.75, 3.05) is 5.73 Å². The predicted molar refractivity (Wildman–Crippen MR) is 60.3 cm³/mol. The number of hydrogen-bond donors (Lipinski definition) is 3. The molecule has 0 atom stereocenters. The van der Waals surface area contributed by atoms with Crippen LogP contribution in [0, 0.1) is 5.82 Å². The van der Waals surface area contributed by atoms with E-state index < -0.39 is 0 Å². The van der Waals surface area contributed by atoms with Gasteiger partial charge in [-0.2, -0.15) is 0 Å². The Balaban J connectivity index is 2.10. The van der Waals surface area contributed by atoms with Crippen LogP contribution in [0.3, 0.4) is 0 Å². The topological polar surface area (TPSA) is 110 Å². The highest BCUT2D eigenvalue weighted by molar-refractivity contribution is 5.99. The molecular weight excluding hydrogens is 241 g/mol. The van der Waals surface area contributed by atoms with Gasteiger partial charge >= 0.3 is 0 Å². The van der Waals surface area contributed by atoms with E-state index in [-0.39, 0.29) is 29.7 Å². The smallest absolute Gasteiger partial charge is 0.199 e. The van der Waals surface area contributed by atoms with E-state index in [4.69, 9.17) is 10.9 Å². The van der Waals surface area contributed by atoms with Gasteiger partial charge in [-0.25, -0.2) is 9.02 Å². The van der Waals surface area contributed by atoms with Crippen molar-refractivity contribution >= 4 is 11.7 Å². The standard InChI is InChI=1S/C10H10FN5O2/c11-7-4-2-1-3-6(7)5-13-10(14-17)8-9(12)16-18-15-8/h1-4,17H,5H2,(H2,12,16)(H,13,14). The summed E-state index contributed by atoms with van der Waals surface area (Å²) >= 11 is 0. The van der Waals surface area contributed by atoms with Gasteiger partial charge in [0.2, 0.25) is 0 Å². The SMILES string of the molecule is Nc1nonc1/C(=N\O)NCc1ccccc1F. The molecule has 0 radical (unpaired) electrons. The molecule has 0 aliphatic carbocycles. The third kappa shape index (κ3) is 2.37. The molecule has 0 unspecified atom stereocenters. The summed E-state index contributed by atoms with van der Waals surface area (Å²) in [5, 5.41) is 21.3. The summed E-state index contributed by atoms with van der Waals surface area (Å²) < 4.78 is 17.7. The summed E-state index contributed by atoms with van der Waals surface area (Å²) in [6, 6.07) is 6.21. The number of rotatable bonds is 3. The Morgan fingerprint density at radius 3 is 2.83 bits per heavy atom. The molecule has 1 heterocycles. The first-order chi connectivity index (χ1) is 8.72. The van der Waals surface area contributed by atoms with Crippen LogP contribution >= 0.6 is 0 Å². The first kappa shape index (κ1) is 11.8. The molecule has 0 amide bonds. The molecule has 0 bridgehead atoms. The fraction of sp³-hybridized carbons (Fsp3) is 0.100. The van der Waals surface area contributed by atoms with Crippen LogP contribution in [0.4, 0.5) is 10.2 Å². The van der Waals surface area contributed by atoms with Crippen molar-refractivity contribution < 1.29 is 14.2 Å². The number of amidine groups is 1. The number of hydrogen-bond acceptors (Lipinski definition) is 6. The second-order valence-electron chi connectivity index (χ2n) is 3.39. The second-order valence-corrected chi connectivity index (χ2v) is 3.39. The van der Waals surface area contributed by atoms with Gasteiger partial charge in [-0.15, -0.1) is 0 Å². The molecule has 8 heteroatoms. The number of nitrogen functional groups attached to an aromatic ring is 1. The predicted octanol–water partition coefficient (Wildman–Crippen LogP) is 0.716. The Labute approximate surface area is 101 Å². The zero-order chi connectivity index (χ0) is 13.0. The van der Waals surface area contributed by atoms with Crippen LogP contribution in [-0.4, -0.2) is 21.4 Å². The monoisotopic (exact) mass is 251 g/mol. The van der Waals surface area contributed by atoms with Gasteiger partial charge in [0.05, 0.1) is 0 Å². The van der Waals surface area contributed by atoms with Crippen LogP contribution in [0.25, 0.3) is 0 Å². The zero-order valence-corrected chi connectivity index (χ0v) is 9.17. The molecule has 4 N–H and O–H groups in total. The molecule has 1 aromatic carbocycles. The van der Waals surface area contributed by atoms with Gasteiger partial charge in [0.15, 0.2) is 17.3 Å². The van der Waals surface area contributed by atoms with Gasteiger partial charge in [0, 0.05) is 12.1 Å². The summed E-state index contributed by atoms with van der Waals surface area (Å²) in [4.78, 5) is 0. The minimum atomic E-state index is -0.367. The van der Waals surface area contributed by atoms with Gasteiger partial charge in [-0.3, -0.25) is 0 Å².